The molecule has 5 rings (SSSR count). The van der Waals surface area contributed by atoms with Crippen LogP contribution in [-0.4, -0.2) is 28.3 Å². The van der Waals surface area contributed by atoms with Crippen molar-refractivity contribution in [2.75, 3.05) is 7.05 Å². The number of likely N-dealkylation sites (tertiary alicyclic amines) is 1. The summed E-state index contributed by atoms with van der Waals surface area (Å²) in [5.74, 6) is 0.865. The van der Waals surface area contributed by atoms with Gasteiger partial charge in [-0.05, 0) is 30.3 Å². The van der Waals surface area contributed by atoms with E-state index in [0.717, 1.165) is 38.8 Å². The number of nitrogens with zero attached hydrogens (tertiary/aromatic N) is 3. The number of fused-ring (bicyclic) bond motifs is 7. The maximum absolute atomic E-state index is 12.3. The lowest BCUT2D eigenvalue weighted by atomic mass is 10.0. The molecule has 0 bridgehead atoms. The second-order valence-corrected chi connectivity index (χ2v) is 6.65. The van der Waals surface area contributed by atoms with Gasteiger partial charge >= 0.3 is 0 Å². The highest BCUT2D eigenvalue weighted by Gasteiger charge is 2.39. The molecule has 1 saturated heterocycles. The highest BCUT2D eigenvalue weighted by atomic mass is 35.5. The minimum atomic E-state index is -0.0432. The van der Waals surface area contributed by atoms with Crippen LogP contribution in [0.1, 0.15) is 18.0 Å². The maximum Gasteiger partial charge on any atom is 0.228 e. The topological polar surface area (TPSA) is 37.6 Å². The van der Waals surface area contributed by atoms with E-state index >= 15 is 0 Å². The third-order valence-corrected chi connectivity index (χ3v) is 5.27. The van der Waals surface area contributed by atoms with Crippen molar-refractivity contribution in [3.05, 3.63) is 59.2 Å². The van der Waals surface area contributed by atoms with E-state index in [-0.39, 0.29) is 11.8 Å². The van der Waals surface area contributed by atoms with Crippen LogP contribution < -0.4 is 0 Å². The van der Waals surface area contributed by atoms with Crippen LogP contribution in [0.25, 0.3) is 16.6 Å². The fourth-order valence-electron chi connectivity index (χ4n) is 3.77. The number of benzene rings is 2. The third-order valence-electron chi connectivity index (χ3n) is 4.94. The minimum absolute atomic E-state index is 0.0432. The monoisotopic (exact) mass is 335 g/mol. The van der Waals surface area contributed by atoms with Gasteiger partial charge in [-0.3, -0.25) is 4.79 Å². The van der Waals surface area contributed by atoms with Crippen LogP contribution in [0.2, 0.25) is 5.02 Å². The Morgan fingerprint density at radius 2 is 2.00 bits per heavy atom. The number of amidine groups is 1. The van der Waals surface area contributed by atoms with Crippen LogP contribution in [0.5, 0.6) is 0 Å². The third kappa shape index (κ3) is 1.69. The Balaban J connectivity index is 1.94. The summed E-state index contributed by atoms with van der Waals surface area (Å²) in [5, 5.41) is 1.73. The molecule has 24 heavy (non-hydrogen) atoms. The zero-order valence-electron chi connectivity index (χ0n) is 13.0. The number of hydrogen-bond acceptors (Lipinski definition) is 2. The SMILES string of the molecule is CN1C(=O)CC2C1=Nc1ccccc1-n1c2cc2c(Cl)cccc21. The molecular formula is C19H14ClN3O. The van der Waals surface area contributed by atoms with Gasteiger partial charge in [0.2, 0.25) is 5.91 Å². The molecule has 4 nitrogen and oxygen atoms in total. The molecular weight excluding hydrogens is 322 g/mol. The van der Waals surface area contributed by atoms with Crippen molar-refractivity contribution in [1.82, 2.24) is 9.47 Å². The van der Waals surface area contributed by atoms with Crippen molar-refractivity contribution in [1.29, 1.82) is 0 Å². The molecule has 0 radical (unpaired) electrons. The zero-order chi connectivity index (χ0) is 16.4. The molecule has 1 unspecified atom stereocenters. The van der Waals surface area contributed by atoms with Crippen LogP contribution in [0.15, 0.2) is 53.5 Å². The minimum Gasteiger partial charge on any atom is -0.311 e. The molecule has 0 aliphatic carbocycles. The summed E-state index contributed by atoms with van der Waals surface area (Å²) in [5.41, 5.74) is 4.01. The predicted octanol–water partition coefficient (Wildman–Crippen LogP) is 4.27. The summed E-state index contributed by atoms with van der Waals surface area (Å²) in [6, 6.07) is 16.1. The van der Waals surface area contributed by atoms with E-state index in [1.54, 1.807) is 11.9 Å². The first-order valence-corrected chi connectivity index (χ1v) is 8.27. The molecule has 1 amide bonds. The zero-order valence-corrected chi connectivity index (χ0v) is 13.8. The highest BCUT2D eigenvalue weighted by Crippen LogP contribution is 2.42. The van der Waals surface area contributed by atoms with Gasteiger partial charge in [0.1, 0.15) is 5.84 Å². The summed E-state index contributed by atoms with van der Waals surface area (Å²) in [6.07, 6.45) is 0.442. The number of halogens is 1. The fraction of sp³-hybridized carbons (Fsp3) is 0.158. The number of aliphatic imine (C=N–C) groups is 1. The van der Waals surface area contributed by atoms with Crippen LogP contribution in [0.4, 0.5) is 5.69 Å². The summed E-state index contributed by atoms with van der Waals surface area (Å²) >= 11 is 6.42. The van der Waals surface area contributed by atoms with Gasteiger partial charge < -0.3 is 9.47 Å². The van der Waals surface area contributed by atoms with Gasteiger partial charge in [0.25, 0.3) is 0 Å². The molecule has 1 aromatic heterocycles. The first-order chi connectivity index (χ1) is 11.6. The molecule has 0 saturated carbocycles. The average Bonchev–Trinajstić information content (AvgIpc) is 3.05. The Kier molecular flexibility index (Phi) is 2.71. The molecule has 0 N–H and O–H groups in total. The smallest absolute Gasteiger partial charge is 0.228 e. The Morgan fingerprint density at radius 3 is 2.88 bits per heavy atom. The van der Waals surface area contributed by atoms with E-state index in [0.29, 0.717) is 6.42 Å². The Morgan fingerprint density at radius 1 is 1.17 bits per heavy atom. The quantitative estimate of drug-likeness (QED) is 0.604. The lowest BCUT2D eigenvalue weighted by Crippen LogP contribution is -2.25. The molecule has 0 spiro atoms. The van der Waals surface area contributed by atoms with Crippen molar-refractivity contribution in [3.63, 3.8) is 0 Å². The van der Waals surface area contributed by atoms with Crippen molar-refractivity contribution in [3.8, 4) is 5.69 Å². The molecule has 3 aromatic rings. The van der Waals surface area contributed by atoms with Crippen molar-refractivity contribution in [2.24, 2.45) is 4.99 Å². The van der Waals surface area contributed by atoms with Crippen molar-refractivity contribution in [2.45, 2.75) is 12.3 Å². The Labute approximate surface area is 144 Å². The number of para-hydroxylation sites is 2. The van der Waals surface area contributed by atoms with E-state index in [1.165, 1.54) is 0 Å². The molecule has 1 fully saturated rings. The number of likely N-dealkylation sites (N-methyl/N-ethyl adjacent to an activating group) is 1. The van der Waals surface area contributed by atoms with Gasteiger partial charge in [0, 0.05) is 29.6 Å². The van der Waals surface area contributed by atoms with Crippen molar-refractivity contribution < 1.29 is 4.79 Å². The first-order valence-electron chi connectivity index (χ1n) is 7.89. The van der Waals surface area contributed by atoms with E-state index in [4.69, 9.17) is 16.6 Å². The van der Waals surface area contributed by atoms with E-state index in [1.807, 2.05) is 30.3 Å². The van der Waals surface area contributed by atoms with Gasteiger partial charge in [-0.15, -0.1) is 0 Å². The van der Waals surface area contributed by atoms with Gasteiger partial charge in [0.05, 0.1) is 22.8 Å². The lowest BCUT2D eigenvalue weighted by molar-refractivity contribution is -0.124. The number of hydrogen-bond donors (Lipinski definition) is 0. The number of aromatic nitrogens is 1. The largest absolute Gasteiger partial charge is 0.311 e. The van der Waals surface area contributed by atoms with Gasteiger partial charge in [-0.1, -0.05) is 29.8 Å². The second kappa shape index (κ2) is 4.71. The predicted molar refractivity (Wildman–Crippen MR) is 95.5 cm³/mol. The van der Waals surface area contributed by atoms with E-state index in [9.17, 15) is 4.79 Å². The van der Waals surface area contributed by atoms with E-state index < -0.39 is 0 Å². The van der Waals surface area contributed by atoms with Crippen LogP contribution in [0.3, 0.4) is 0 Å². The summed E-state index contributed by atoms with van der Waals surface area (Å²) in [7, 11) is 1.80. The molecule has 3 heterocycles. The Hall–Kier alpha value is -2.59. The number of amides is 1. The molecule has 2 aliphatic heterocycles. The molecule has 5 heteroatoms. The first kappa shape index (κ1) is 13.8. The summed E-state index contributed by atoms with van der Waals surface area (Å²) in [4.78, 5) is 18.8. The Bertz CT molecular complexity index is 1050. The molecule has 1 atom stereocenters. The number of carbonyl (C=O) groups excluding carboxylic acids is 1. The lowest BCUT2D eigenvalue weighted by Gasteiger charge is -2.13. The van der Waals surface area contributed by atoms with Crippen LogP contribution in [-0.2, 0) is 4.79 Å². The average molecular weight is 336 g/mol. The highest BCUT2D eigenvalue weighted by molar-refractivity contribution is 6.35. The number of carbonyl (C=O) groups is 1. The van der Waals surface area contributed by atoms with Gasteiger partial charge in [-0.25, -0.2) is 4.99 Å². The molecule has 2 aromatic carbocycles. The summed E-state index contributed by atoms with van der Waals surface area (Å²) < 4.78 is 2.20. The fourth-order valence-corrected chi connectivity index (χ4v) is 3.99. The van der Waals surface area contributed by atoms with Crippen molar-refractivity contribution >= 4 is 39.9 Å². The second-order valence-electron chi connectivity index (χ2n) is 6.25. The summed E-state index contributed by atoms with van der Waals surface area (Å²) in [6.45, 7) is 0. The molecule has 2 aliphatic rings. The normalized spacial score (nSPS) is 18.9. The van der Waals surface area contributed by atoms with Crippen LogP contribution in [0, 0.1) is 0 Å². The van der Waals surface area contributed by atoms with Crippen LogP contribution >= 0.6 is 11.6 Å². The standard InChI is InChI=1S/C19H14ClN3O/c1-22-18(24)10-12-17-9-11-13(20)5-4-8-15(11)23(17)16-7-3-2-6-14(16)21-19(12)22/h2-9,12H,10H2,1H3. The van der Waals surface area contributed by atoms with Gasteiger partial charge in [-0.2, -0.15) is 0 Å². The molecule has 118 valence electrons. The maximum atomic E-state index is 12.3. The van der Waals surface area contributed by atoms with Gasteiger partial charge in [0.15, 0.2) is 0 Å². The van der Waals surface area contributed by atoms with E-state index in [2.05, 4.69) is 22.8 Å². The number of rotatable bonds is 0.